The third kappa shape index (κ3) is 4.62. The molecule has 49 heavy (non-hydrogen) atoms. The van der Waals surface area contributed by atoms with Crippen molar-refractivity contribution in [1.82, 2.24) is 15.0 Å². The van der Waals surface area contributed by atoms with Gasteiger partial charge in [0.05, 0.1) is 5.56 Å². The number of thiophene rings is 1. The number of aromatic nitrogens is 3. The summed E-state index contributed by atoms with van der Waals surface area (Å²) >= 11 is 1.83. The molecule has 0 saturated heterocycles. The molecule has 0 spiro atoms. The van der Waals surface area contributed by atoms with Crippen molar-refractivity contribution in [2.45, 2.75) is 0 Å². The first-order valence-electron chi connectivity index (χ1n) is 16.6. The molecule has 9 rings (SSSR count). The van der Waals surface area contributed by atoms with Crippen LogP contribution >= 0.6 is 11.3 Å². The fourth-order valence-corrected chi connectivity index (χ4v) is 8.56. The Morgan fingerprint density at radius 1 is 0.429 bits per heavy atom. The highest BCUT2D eigenvalue weighted by molar-refractivity contribution is 7.26. The SMILES string of the molecule is Bc1c(B)c(B)c(-c2nc(-c3ccccc3)nc(-c3cccc4c3oc3c(-c5cccc6c5sc5ccccc56)cccc34)n2)c(B)c1B. The number of furan rings is 1. The van der Waals surface area contributed by atoms with Gasteiger partial charge in [-0.25, -0.2) is 15.0 Å². The van der Waals surface area contributed by atoms with Crippen molar-refractivity contribution in [3.63, 3.8) is 0 Å². The number of fused-ring (bicyclic) bond motifs is 6. The minimum absolute atomic E-state index is 0.594. The quantitative estimate of drug-likeness (QED) is 0.277. The molecule has 0 aliphatic heterocycles. The van der Waals surface area contributed by atoms with Gasteiger partial charge in [0.2, 0.25) is 0 Å². The average molecular weight is 641 g/mol. The van der Waals surface area contributed by atoms with E-state index in [2.05, 4.69) is 130 Å². The highest BCUT2D eigenvalue weighted by atomic mass is 32.1. The van der Waals surface area contributed by atoms with Crippen molar-refractivity contribution < 1.29 is 4.42 Å². The second-order valence-corrected chi connectivity index (χ2v) is 14.0. The van der Waals surface area contributed by atoms with E-state index < -0.39 is 0 Å². The maximum Gasteiger partial charge on any atom is 0.167 e. The number of nitrogens with zero attached hydrogens (tertiary/aromatic N) is 3. The molecule has 0 fully saturated rings. The molecule has 10 heteroatoms. The van der Waals surface area contributed by atoms with Crippen molar-refractivity contribution >= 4 is 120 Å². The standard InChI is InChI=1S/C39H28B5N3OS/c40-29-28(30(41)32(43)33(44)31(29)42)39-46-37(19-9-2-1-3-10-19)45-38(47-39)26-17-7-13-22-21-12-6-14-23(34(21)48-35(22)26)25-16-8-15-24-20-11-4-5-18-27(20)49-36(24)25/h1-18H,40-44H2. The number of benzene rings is 6. The molecule has 9 aromatic rings. The van der Waals surface area contributed by atoms with Crippen LogP contribution < -0.4 is 27.3 Å². The lowest BCUT2D eigenvalue weighted by molar-refractivity contribution is 0.670. The first-order valence-corrected chi connectivity index (χ1v) is 17.4. The van der Waals surface area contributed by atoms with E-state index in [-0.39, 0.29) is 0 Å². The zero-order valence-corrected chi connectivity index (χ0v) is 28.9. The molecule has 0 radical (unpaired) electrons. The van der Waals surface area contributed by atoms with E-state index in [9.17, 15) is 0 Å². The molecule has 226 valence electrons. The summed E-state index contributed by atoms with van der Waals surface area (Å²) in [6, 6.07) is 38.1. The Kier molecular flexibility index (Phi) is 6.92. The van der Waals surface area contributed by atoms with Crippen molar-refractivity contribution in [2.24, 2.45) is 0 Å². The van der Waals surface area contributed by atoms with Gasteiger partial charge in [0, 0.05) is 53.2 Å². The zero-order valence-electron chi connectivity index (χ0n) is 28.1. The highest BCUT2D eigenvalue weighted by Gasteiger charge is 2.22. The maximum atomic E-state index is 6.94. The van der Waals surface area contributed by atoms with Crippen LogP contribution in [0.5, 0.6) is 0 Å². The Morgan fingerprint density at radius 3 is 1.69 bits per heavy atom. The maximum absolute atomic E-state index is 6.94. The molecule has 0 unspecified atom stereocenters. The summed E-state index contributed by atoms with van der Waals surface area (Å²) < 4.78 is 9.49. The van der Waals surface area contributed by atoms with E-state index in [0.29, 0.717) is 17.5 Å². The van der Waals surface area contributed by atoms with Crippen molar-refractivity contribution in [3.05, 3.63) is 109 Å². The van der Waals surface area contributed by atoms with Gasteiger partial charge in [-0.3, -0.25) is 0 Å². The van der Waals surface area contributed by atoms with Gasteiger partial charge in [-0.05, 0) is 12.1 Å². The van der Waals surface area contributed by atoms with Gasteiger partial charge in [-0.1, -0.05) is 108 Å². The molecule has 0 atom stereocenters. The second-order valence-electron chi connectivity index (χ2n) is 12.9. The Bertz CT molecular complexity index is 2770. The van der Waals surface area contributed by atoms with Crippen LogP contribution in [-0.4, -0.2) is 54.2 Å². The molecule has 0 aliphatic rings. The zero-order chi connectivity index (χ0) is 33.4. The predicted octanol–water partition coefficient (Wildman–Crippen LogP) is 2.10. The van der Waals surface area contributed by atoms with Crippen LogP contribution in [0, 0.1) is 0 Å². The van der Waals surface area contributed by atoms with Crippen LogP contribution in [0.1, 0.15) is 0 Å². The number of rotatable bonds is 4. The lowest BCUT2D eigenvalue weighted by atomic mass is 9.60. The summed E-state index contributed by atoms with van der Waals surface area (Å²) in [7, 11) is 10.9. The number of hydrogen-bond donors (Lipinski definition) is 0. The van der Waals surface area contributed by atoms with Crippen molar-refractivity contribution in [1.29, 1.82) is 0 Å². The van der Waals surface area contributed by atoms with E-state index in [1.165, 1.54) is 53.0 Å². The topological polar surface area (TPSA) is 51.8 Å². The minimum Gasteiger partial charge on any atom is -0.455 e. The Labute approximate surface area is 292 Å². The van der Waals surface area contributed by atoms with Gasteiger partial charge >= 0.3 is 0 Å². The van der Waals surface area contributed by atoms with Gasteiger partial charge in [0.25, 0.3) is 0 Å². The summed E-state index contributed by atoms with van der Waals surface area (Å²) in [5.74, 6) is 1.91. The molecule has 3 aromatic heterocycles. The van der Waals surface area contributed by atoms with Crippen LogP contribution in [0.25, 0.3) is 87.4 Å². The van der Waals surface area contributed by atoms with Crippen LogP contribution in [0.4, 0.5) is 0 Å². The molecular formula is C39H28B5N3OS. The lowest BCUT2D eigenvalue weighted by Gasteiger charge is -2.20. The predicted molar refractivity (Wildman–Crippen MR) is 223 cm³/mol. The fourth-order valence-electron chi connectivity index (χ4n) is 7.33. The number of para-hydroxylation sites is 2. The van der Waals surface area contributed by atoms with Gasteiger partial charge in [-0.2, -0.15) is 0 Å². The monoisotopic (exact) mass is 641 g/mol. The molecule has 0 bridgehead atoms. The van der Waals surface area contributed by atoms with Crippen molar-refractivity contribution in [3.8, 4) is 45.3 Å². The van der Waals surface area contributed by atoms with E-state index >= 15 is 0 Å². The fraction of sp³-hybridized carbons (Fsp3) is 0. The van der Waals surface area contributed by atoms with Crippen LogP contribution in [0.2, 0.25) is 0 Å². The first-order chi connectivity index (χ1) is 23.9. The van der Waals surface area contributed by atoms with Crippen LogP contribution in [-0.2, 0) is 0 Å². The summed E-state index contributed by atoms with van der Waals surface area (Å²) in [5.41, 5.74) is 13.0. The summed E-state index contributed by atoms with van der Waals surface area (Å²) in [4.78, 5) is 15.4. The molecule has 0 saturated carbocycles. The highest BCUT2D eigenvalue weighted by Crippen LogP contribution is 2.44. The van der Waals surface area contributed by atoms with E-state index in [4.69, 9.17) is 19.4 Å². The average Bonchev–Trinajstić information content (AvgIpc) is 3.72. The molecule has 0 amide bonds. The Morgan fingerprint density at radius 2 is 0.959 bits per heavy atom. The van der Waals surface area contributed by atoms with Gasteiger partial charge in [0.1, 0.15) is 50.4 Å². The van der Waals surface area contributed by atoms with Crippen LogP contribution in [0.15, 0.2) is 114 Å². The van der Waals surface area contributed by atoms with Crippen LogP contribution in [0.3, 0.4) is 0 Å². The second kappa shape index (κ2) is 11.4. The lowest BCUT2D eigenvalue weighted by Crippen LogP contribution is -2.55. The summed E-state index contributed by atoms with van der Waals surface area (Å²) in [5, 5.41) is 4.66. The first kappa shape index (κ1) is 29.8. The third-order valence-corrected chi connectivity index (χ3v) is 11.6. The normalized spacial score (nSPS) is 11.7. The molecular weight excluding hydrogens is 613 g/mol. The molecule has 0 aliphatic carbocycles. The number of hydrogen-bond acceptors (Lipinski definition) is 5. The van der Waals surface area contributed by atoms with E-state index in [1.807, 2.05) is 29.5 Å². The molecule has 3 heterocycles. The van der Waals surface area contributed by atoms with E-state index in [0.717, 1.165) is 44.2 Å². The molecule has 0 N–H and O–H groups in total. The third-order valence-electron chi connectivity index (χ3n) is 10.4. The molecule has 6 aromatic carbocycles. The van der Waals surface area contributed by atoms with Gasteiger partial charge in [-0.15, -0.1) is 27.7 Å². The summed E-state index contributed by atoms with van der Waals surface area (Å²) in [6.45, 7) is 0. The molecule has 4 nitrogen and oxygen atoms in total. The Balaban J connectivity index is 1.30. The van der Waals surface area contributed by atoms with Gasteiger partial charge < -0.3 is 4.42 Å². The smallest absolute Gasteiger partial charge is 0.167 e. The minimum atomic E-state index is 0.594. The largest absolute Gasteiger partial charge is 0.455 e. The Hall–Kier alpha value is -5.33. The van der Waals surface area contributed by atoms with Crippen molar-refractivity contribution in [2.75, 3.05) is 0 Å². The van der Waals surface area contributed by atoms with Gasteiger partial charge in [0.15, 0.2) is 17.5 Å². The van der Waals surface area contributed by atoms with E-state index in [1.54, 1.807) is 0 Å². The summed E-state index contributed by atoms with van der Waals surface area (Å²) in [6.07, 6.45) is 0.